The first-order valence-electron chi connectivity index (χ1n) is 10.4. The van der Waals surface area contributed by atoms with E-state index in [0.29, 0.717) is 30.0 Å². The molecule has 1 saturated heterocycles. The van der Waals surface area contributed by atoms with E-state index in [9.17, 15) is 9.59 Å². The van der Waals surface area contributed by atoms with Crippen LogP contribution in [0, 0.1) is 29.1 Å². The Morgan fingerprint density at radius 3 is 2.64 bits per heavy atom. The molecule has 0 radical (unpaired) electrons. The molecule has 0 N–H and O–H groups in total. The number of esters is 1. The van der Waals surface area contributed by atoms with Crippen LogP contribution in [-0.4, -0.2) is 17.4 Å². The van der Waals surface area contributed by atoms with Crippen molar-refractivity contribution in [1.29, 1.82) is 0 Å². The normalized spacial score (nSPS) is 49.0. The zero-order chi connectivity index (χ0) is 17.4. The second-order valence-corrected chi connectivity index (χ2v) is 9.78. The summed E-state index contributed by atoms with van der Waals surface area (Å²) < 4.78 is 6.04. The van der Waals surface area contributed by atoms with E-state index in [0.717, 1.165) is 44.4 Å². The van der Waals surface area contributed by atoms with E-state index < -0.39 is 0 Å². The maximum atomic E-state index is 11.9. The van der Waals surface area contributed by atoms with Gasteiger partial charge in [-0.15, -0.1) is 0 Å². The molecule has 0 aromatic rings. The summed E-state index contributed by atoms with van der Waals surface area (Å²) in [5.74, 6) is 3.21. The predicted molar refractivity (Wildman–Crippen MR) is 94.8 cm³/mol. The SMILES string of the molecule is C[C@H]1C[C@@]2(C)[C@@H](CC[C@@]23CCC(=O)O3)[C@@H]2CCC3=C(CCC(=O)C3)[C@H]21. The molecule has 0 amide bonds. The minimum Gasteiger partial charge on any atom is -0.458 e. The van der Waals surface area contributed by atoms with Gasteiger partial charge in [0, 0.05) is 24.7 Å². The van der Waals surface area contributed by atoms with Crippen molar-refractivity contribution in [3.05, 3.63) is 11.1 Å². The lowest BCUT2D eigenvalue weighted by Crippen LogP contribution is -2.53. The molecule has 3 nitrogen and oxygen atoms in total. The average Bonchev–Trinajstić information content (AvgIpc) is 3.08. The summed E-state index contributed by atoms with van der Waals surface area (Å²) in [5, 5.41) is 0. The molecule has 3 fully saturated rings. The Morgan fingerprint density at radius 2 is 1.88 bits per heavy atom. The van der Waals surface area contributed by atoms with Gasteiger partial charge in [0.05, 0.1) is 0 Å². The third kappa shape index (κ3) is 2.04. The van der Waals surface area contributed by atoms with Gasteiger partial charge in [-0.3, -0.25) is 9.59 Å². The second-order valence-electron chi connectivity index (χ2n) is 9.78. The summed E-state index contributed by atoms with van der Waals surface area (Å²) in [4.78, 5) is 23.9. The number of carbonyl (C=O) groups excluding carboxylic acids is 2. The lowest BCUT2D eigenvalue weighted by molar-refractivity contribution is -0.167. The van der Waals surface area contributed by atoms with Crippen molar-refractivity contribution in [3.63, 3.8) is 0 Å². The summed E-state index contributed by atoms with van der Waals surface area (Å²) >= 11 is 0. The van der Waals surface area contributed by atoms with Crippen LogP contribution in [0.25, 0.3) is 0 Å². The molecule has 0 aromatic heterocycles. The molecule has 25 heavy (non-hydrogen) atoms. The Kier molecular flexibility index (Phi) is 3.35. The highest BCUT2D eigenvalue weighted by Gasteiger charge is 2.66. The van der Waals surface area contributed by atoms with Crippen LogP contribution in [0.15, 0.2) is 11.1 Å². The van der Waals surface area contributed by atoms with Gasteiger partial charge in [0.2, 0.25) is 0 Å². The van der Waals surface area contributed by atoms with E-state index in [1.54, 1.807) is 5.57 Å². The quantitative estimate of drug-likeness (QED) is 0.477. The van der Waals surface area contributed by atoms with Crippen LogP contribution in [0.1, 0.15) is 78.1 Å². The molecular weight excluding hydrogens is 312 g/mol. The monoisotopic (exact) mass is 342 g/mol. The predicted octanol–water partition coefficient (Wildman–Crippen LogP) is 4.59. The number of carbonyl (C=O) groups is 2. The highest BCUT2D eigenvalue weighted by molar-refractivity contribution is 5.82. The molecule has 0 aromatic carbocycles. The minimum atomic E-state index is -0.175. The van der Waals surface area contributed by atoms with Gasteiger partial charge in [-0.2, -0.15) is 0 Å². The van der Waals surface area contributed by atoms with Gasteiger partial charge in [0.1, 0.15) is 11.4 Å². The van der Waals surface area contributed by atoms with Crippen LogP contribution >= 0.6 is 0 Å². The highest BCUT2D eigenvalue weighted by Crippen LogP contribution is 2.68. The number of fused-ring (bicyclic) bond motifs is 5. The number of Topliss-reactive ketones (excluding diaryl/α,β-unsaturated/α-hetero) is 1. The highest BCUT2D eigenvalue weighted by atomic mass is 16.6. The molecule has 1 spiro atoms. The fourth-order valence-corrected chi connectivity index (χ4v) is 7.89. The largest absolute Gasteiger partial charge is 0.458 e. The molecule has 0 unspecified atom stereocenters. The standard InChI is InChI=1S/C22H30O3/c1-13-12-21(2)18(7-9-22(21)10-8-19(24)25-22)17-5-3-14-11-15(23)4-6-16(14)20(13)17/h13,17-18,20H,3-12H2,1-2H3/t13-,17-,18-,20+,21-,22+/m0/s1. The first-order valence-corrected chi connectivity index (χ1v) is 10.4. The smallest absolute Gasteiger partial charge is 0.306 e. The molecule has 2 saturated carbocycles. The van der Waals surface area contributed by atoms with E-state index in [1.807, 2.05) is 0 Å². The molecule has 5 aliphatic rings. The number of hydrogen-bond donors (Lipinski definition) is 0. The number of ketones is 1. The van der Waals surface area contributed by atoms with Gasteiger partial charge in [-0.05, 0) is 68.6 Å². The maximum Gasteiger partial charge on any atom is 0.306 e. The summed E-state index contributed by atoms with van der Waals surface area (Å²) in [5.41, 5.74) is 3.13. The van der Waals surface area contributed by atoms with Crippen LogP contribution < -0.4 is 0 Å². The van der Waals surface area contributed by atoms with Crippen LogP contribution in [0.3, 0.4) is 0 Å². The Morgan fingerprint density at radius 1 is 1.04 bits per heavy atom. The lowest BCUT2D eigenvalue weighted by Gasteiger charge is -2.56. The van der Waals surface area contributed by atoms with Crippen molar-refractivity contribution in [2.75, 3.05) is 0 Å². The van der Waals surface area contributed by atoms with Gasteiger partial charge < -0.3 is 4.74 Å². The number of rotatable bonds is 0. The van der Waals surface area contributed by atoms with Crippen molar-refractivity contribution in [3.8, 4) is 0 Å². The molecule has 1 heterocycles. The van der Waals surface area contributed by atoms with Crippen LogP contribution in [-0.2, 0) is 14.3 Å². The molecule has 0 bridgehead atoms. The molecular formula is C22H30O3. The van der Waals surface area contributed by atoms with Crippen LogP contribution in [0.2, 0.25) is 0 Å². The first kappa shape index (κ1) is 16.1. The zero-order valence-electron chi connectivity index (χ0n) is 15.6. The van der Waals surface area contributed by atoms with Crippen molar-refractivity contribution in [1.82, 2.24) is 0 Å². The number of hydrogen-bond acceptors (Lipinski definition) is 3. The zero-order valence-corrected chi connectivity index (χ0v) is 15.6. The van der Waals surface area contributed by atoms with Gasteiger partial charge in [0.25, 0.3) is 0 Å². The molecule has 4 aliphatic carbocycles. The van der Waals surface area contributed by atoms with Gasteiger partial charge in [0.15, 0.2) is 0 Å². The summed E-state index contributed by atoms with van der Waals surface area (Å²) in [6.07, 6.45) is 9.90. The van der Waals surface area contributed by atoms with E-state index in [-0.39, 0.29) is 17.0 Å². The topological polar surface area (TPSA) is 43.4 Å². The van der Waals surface area contributed by atoms with Crippen LogP contribution in [0.5, 0.6) is 0 Å². The van der Waals surface area contributed by atoms with Crippen molar-refractivity contribution >= 4 is 11.8 Å². The number of allylic oxidation sites excluding steroid dienone is 2. The Balaban J connectivity index is 1.51. The first-order chi connectivity index (χ1) is 11.9. The van der Waals surface area contributed by atoms with Gasteiger partial charge >= 0.3 is 5.97 Å². The van der Waals surface area contributed by atoms with Gasteiger partial charge in [-0.25, -0.2) is 0 Å². The van der Waals surface area contributed by atoms with Gasteiger partial charge in [-0.1, -0.05) is 25.0 Å². The summed E-state index contributed by atoms with van der Waals surface area (Å²) in [6, 6.07) is 0. The van der Waals surface area contributed by atoms with E-state index >= 15 is 0 Å². The summed E-state index contributed by atoms with van der Waals surface area (Å²) in [6.45, 7) is 4.86. The minimum absolute atomic E-state index is 0.0242. The molecule has 136 valence electrons. The molecule has 3 heteroatoms. The lowest BCUT2D eigenvalue weighted by atomic mass is 9.49. The van der Waals surface area contributed by atoms with Crippen molar-refractivity contribution in [2.45, 2.75) is 83.7 Å². The van der Waals surface area contributed by atoms with E-state index in [2.05, 4.69) is 13.8 Å². The maximum absolute atomic E-state index is 11.9. The van der Waals surface area contributed by atoms with Crippen molar-refractivity contribution in [2.24, 2.45) is 29.1 Å². The molecule has 6 atom stereocenters. The average molecular weight is 342 g/mol. The third-order valence-corrected chi connectivity index (χ3v) is 8.82. The van der Waals surface area contributed by atoms with Crippen molar-refractivity contribution < 1.29 is 14.3 Å². The Hall–Kier alpha value is -1.12. The van der Waals surface area contributed by atoms with E-state index in [1.165, 1.54) is 24.8 Å². The Labute approximate surface area is 150 Å². The summed E-state index contributed by atoms with van der Waals surface area (Å²) in [7, 11) is 0. The molecule has 5 rings (SSSR count). The second kappa shape index (κ2) is 5.20. The van der Waals surface area contributed by atoms with Crippen LogP contribution in [0.4, 0.5) is 0 Å². The third-order valence-electron chi connectivity index (χ3n) is 8.82. The molecule has 1 aliphatic heterocycles. The fourth-order valence-electron chi connectivity index (χ4n) is 7.89. The number of ether oxygens (including phenoxy) is 1. The van der Waals surface area contributed by atoms with E-state index in [4.69, 9.17) is 4.74 Å². The fraction of sp³-hybridized carbons (Fsp3) is 0.818. The Bertz CT molecular complexity index is 677.